The number of carbonyl (C=O) groups is 2. The molecule has 9 heteroatoms. The number of halogens is 1. The molecule has 1 amide bonds. The Balaban J connectivity index is 2.03. The van der Waals surface area contributed by atoms with E-state index < -0.39 is 28.3 Å². The molecule has 0 saturated heterocycles. The van der Waals surface area contributed by atoms with Crippen molar-refractivity contribution in [3.05, 3.63) is 53.1 Å². The van der Waals surface area contributed by atoms with E-state index in [1.165, 1.54) is 19.2 Å². The first-order chi connectivity index (χ1) is 12.2. The standard InChI is InChI=1S/C17H16ClNO6S/c1-24-12-5-3-4-11(8-12)19-16(20)10-25-17(21)14-9-13(26(2,22)23)6-7-15(14)18/h3-9H,10H2,1-2H3,(H,19,20). The fourth-order valence-corrected chi connectivity index (χ4v) is 2.84. The van der Waals surface area contributed by atoms with Crippen LogP contribution in [-0.4, -0.2) is 40.3 Å². The van der Waals surface area contributed by atoms with Crippen LogP contribution < -0.4 is 10.1 Å². The molecular formula is C17H16ClNO6S. The third-order valence-electron chi connectivity index (χ3n) is 3.27. The number of methoxy groups -OCH3 is 1. The number of anilines is 1. The van der Waals surface area contributed by atoms with Gasteiger partial charge in [-0.25, -0.2) is 13.2 Å². The number of amides is 1. The molecule has 0 aromatic heterocycles. The summed E-state index contributed by atoms with van der Waals surface area (Å²) >= 11 is 5.91. The summed E-state index contributed by atoms with van der Waals surface area (Å²) in [7, 11) is -2.01. The fourth-order valence-electron chi connectivity index (χ4n) is 2.00. The fraction of sp³-hybridized carbons (Fsp3) is 0.176. The second-order valence-electron chi connectivity index (χ2n) is 5.27. The Morgan fingerprint density at radius 1 is 1.15 bits per heavy atom. The van der Waals surface area contributed by atoms with Crippen LogP contribution in [0.1, 0.15) is 10.4 Å². The van der Waals surface area contributed by atoms with E-state index >= 15 is 0 Å². The van der Waals surface area contributed by atoms with Crippen LogP contribution >= 0.6 is 11.6 Å². The summed E-state index contributed by atoms with van der Waals surface area (Å²) in [5.41, 5.74) is 0.339. The largest absolute Gasteiger partial charge is 0.497 e. The lowest BCUT2D eigenvalue weighted by molar-refractivity contribution is -0.119. The van der Waals surface area contributed by atoms with E-state index in [0.717, 1.165) is 12.3 Å². The normalized spacial score (nSPS) is 10.9. The number of nitrogens with one attached hydrogen (secondary N) is 1. The van der Waals surface area contributed by atoms with Gasteiger partial charge in [0, 0.05) is 18.0 Å². The van der Waals surface area contributed by atoms with Crippen LogP contribution in [0.4, 0.5) is 5.69 Å². The summed E-state index contributed by atoms with van der Waals surface area (Å²) in [6.45, 7) is -0.560. The van der Waals surface area contributed by atoms with Crippen molar-refractivity contribution in [1.82, 2.24) is 0 Å². The predicted molar refractivity (Wildman–Crippen MR) is 96.5 cm³/mol. The molecule has 2 aromatic rings. The molecule has 7 nitrogen and oxygen atoms in total. The monoisotopic (exact) mass is 397 g/mol. The Hall–Kier alpha value is -2.58. The second kappa shape index (κ2) is 8.20. The van der Waals surface area contributed by atoms with E-state index in [-0.39, 0.29) is 15.5 Å². The van der Waals surface area contributed by atoms with Crippen molar-refractivity contribution in [2.24, 2.45) is 0 Å². The predicted octanol–water partition coefficient (Wildman–Crippen LogP) is 2.55. The molecule has 0 aliphatic heterocycles. The highest BCUT2D eigenvalue weighted by molar-refractivity contribution is 7.90. The van der Waals surface area contributed by atoms with Gasteiger partial charge in [-0.05, 0) is 30.3 Å². The number of ether oxygens (including phenoxy) is 2. The Morgan fingerprint density at radius 2 is 1.88 bits per heavy atom. The van der Waals surface area contributed by atoms with Crippen molar-refractivity contribution in [1.29, 1.82) is 0 Å². The Kier molecular flexibility index (Phi) is 6.23. The molecule has 2 rings (SSSR count). The highest BCUT2D eigenvalue weighted by Crippen LogP contribution is 2.21. The molecule has 1 N–H and O–H groups in total. The zero-order chi connectivity index (χ0) is 19.3. The van der Waals surface area contributed by atoms with Crippen LogP contribution in [0, 0.1) is 0 Å². The Bertz CT molecular complexity index is 942. The summed E-state index contributed by atoms with van der Waals surface area (Å²) < 4.78 is 33.1. The molecule has 0 saturated carbocycles. The first kappa shape index (κ1) is 19.7. The van der Waals surface area contributed by atoms with Gasteiger partial charge in [-0.3, -0.25) is 4.79 Å². The molecular weight excluding hydrogens is 382 g/mol. The number of sulfone groups is 1. The number of hydrogen-bond donors (Lipinski definition) is 1. The van der Waals surface area contributed by atoms with Crippen molar-refractivity contribution < 1.29 is 27.5 Å². The number of hydrogen-bond acceptors (Lipinski definition) is 6. The summed E-state index contributed by atoms with van der Waals surface area (Å²) in [4.78, 5) is 23.9. The van der Waals surface area contributed by atoms with Gasteiger partial charge in [-0.15, -0.1) is 0 Å². The Labute approximate surface area is 155 Å². The molecule has 0 aliphatic carbocycles. The van der Waals surface area contributed by atoms with Gasteiger partial charge >= 0.3 is 5.97 Å². The average molecular weight is 398 g/mol. The minimum Gasteiger partial charge on any atom is -0.497 e. The van der Waals surface area contributed by atoms with Gasteiger partial charge in [-0.2, -0.15) is 0 Å². The molecule has 0 unspecified atom stereocenters. The molecule has 138 valence electrons. The van der Waals surface area contributed by atoms with Crippen LogP contribution in [0.15, 0.2) is 47.4 Å². The number of esters is 1. The lowest BCUT2D eigenvalue weighted by Crippen LogP contribution is -2.21. The highest BCUT2D eigenvalue weighted by Gasteiger charge is 2.17. The van der Waals surface area contributed by atoms with Crippen molar-refractivity contribution in [2.45, 2.75) is 4.90 Å². The number of rotatable bonds is 6. The van der Waals surface area contributed by atoms with Crippen LogP contribution in [0.3, 0.4) is 0 Å². The highest BCUT2D eigenvalue weighted by atomic mass is 35.5. The summed E-state index contributed by atoms with van der Waals surface area (Å²) in [6, 6.07) is 10.3. The summed E-state index contributed by atoms with van der Waals surface area (Å²) in [5, 5.41) is 2.57. The molecule has 26 heavy (non-hydrogen) atoms. The van der Waals surface area contributed by atoms with Gasteiger partial charge in [0.1, 0.15) is 5.75 Å². The van der Waals surface area contributed by atoms with Crippen molar-refractivity contribution in [3.63, 3.8) is 0 Å². The minimum atomic E-state index is -3.51. The minimum absolute atomic E-state index is 0.0237. The quantitative estimate of drug-likeness (QED) is 0.752. The third-order valence-corrected chi connectivity index (χ3v) is 4.71. The smallest absolute Gasteiger partial charge is 0.340 e. The van der Waals surface area contributed by atoms with E-state index in [9.17, 15) is 18.0 Å². The van der Waals surface area contributed by atoms with Gasteiger partial charge in [0.05, 0.1) is 22.6 Å². The van der Waals surface area contributed by atoms with Gasteiger partial charge in [0.15, 0.2) is 16.4 Å². The summed E-state index contributed by atoms with van der Waals surface area (Å²) in [6.07, 6.45) is 1.01. The van der Waals surface area contributed by atoms with E-state index in [2.05, 4.69) is 5.32 Å². The van der Waals surface area contributed by atoms with Crippen LogP contribution in [-0.2, 0) is 19.4 Å². The van der Waals surface area contributed by atoms with Crippen LogP contribution in [0.25, 0.3) is 0 Å². The molecule has 0 aliphatic rings. The molecule has 0 radical (unpaired) electrons. The lowest BCUT2D eigenvalue weighted by atomic mass is 10.2. The average Bonchev–Trinajstić information content (AvgIpc) is 2.59. The molecule has 0 bridgehead atoms. The van der Waals surface area contributed by atoms with E-state index in [0.29, 0.717) is 11.4 Å². The maximum Gasteiger partial charge on any atom is 0.340 e. The Morgan fingerprint density at radius 3 is 2.54 bits per heavy atom. The van der Waals surface area contributed by atoms with E-state index in [4.69, 9.17) is 21.1 Å². The first-order valence-electron chi connectivity index (χ1n) is 7.31. The maximum atomic E-state index is 12.1. The van der Waals surface area contributed by atoms with Crippen molar-refractivity contribution in [3.8, 4) is 5.75 Å². The third kappa shape index (κ3) is 5.21. The molecule has 0 spiro atoms. The number of carbonyl (C=O) groups excluding carboxylic acids is 2. The molecule has 2 aromatic carbocycles. The zero-order valence-electron chi connectivity index (χ0n) is 14.0. The maximum absolute atomic E-state index is 12.1. The lowest BCUT2D eigenvalue weighted by Gasteiger charge is -2.09. The van der Waals surface area contributed by atoms with E-state index in [1.807, 2.05) is 0 Å². The van der Waals surface area contributed by atoms with Gasteiger partial charge in [-0.1, -0.05) is 17.7 Å². The molecule has 0 heterocycles. The van der Waals surface area contributed by atoms with Gasteiger partial charge in [0.25, 0.3) is 5.91 Å². The SMILES string of the molecule is COc1cccc(NC(=O)COC(=O)c2cc(S(C)(=O)=O)ccc2Cl)c1. The van der Waals surface area contributed by atoms with Crippen molar-refractivity contribution >= 4 is 39.0 Å². The second-order valence-corrected chi connectivity index (χ2v) is 7.69. The molecule has 0 atom stereocenters. The van der Waals surface area contributed by atoms with Crippen LogP contribution in [0.5, 0.6) is 5.75 Å². The molecule has 0 fully saturated rings. The first-order valence-corrected chi connectivity index (χ1v) is 9.58. The van der Waals surface area contributed by atoms with E-state index in [1.54, 1.807) is 24.3 Å². The van der Waals surface area contributed by atoms with Crippen molar-refractivity contribution in [2.75, 3.05) is 25.3 Å². The topological polar surface area (TPSA) is 98.8 Å². The van der Waals surface area contributed by atoms with Crippen LogP contribution in [0.2, 0.25) is 5.02 Å². The van der Waals surface area contributed by atoms with Gasteiger partial charge in [0.2, 0.25) is 0 Å². The zero-order valence-corrected chi connectivity index (χ0v) is 15.6. The number of benzene rings is 2. The summed E-state index contributed by atoms with van der Waals surface area (Å²) in [5.74, 6) is -0.910. The van der Waals surface area contributed by atoms with Gasteiger partial charge < -0.3 is 14.8 Å².